The highest BCUT2D eigenvalue weighted by Crippen LogP contribution is 2.26. The third-order valence-corrected chi connectivity index (χ3v) is 5.23. The van der Waals surface area contributed by atoms with Crippen LogP contribution in [0.5, 0.6) is 5.75 Å². The molecule has 2 atom stereocenters. The van der Waals surface area contributed by atoms with E-state index in [4.69, 9.17) is 9.47 Å². The number of hydrogen-bond acceptors (Lipinski definition) is 5. The highest BCUT2D eigenvalue weighted by atomic mass is 79.9. The highest BCUT2D eigenvalue weighted by Gasteiger charge is 2.25. The Balaban J connectivity index is 2.08. The number of nitrogens with one attached hydrogen (secondary N) is 1. The van der Waals surface area contributed by atoms with E-state index in [2.05, 4.69) is 21.2 Å². The maximum absolute atomic E-state index is 12.7. The van der Waals surface area contributed by atoms with Gasteiger partial charge in [-0.2, -0.15) is 0 Å². The predicted molar refractivity (Wildman–Crippen MR) is 110 cm³/mol. The molecule has 2 aromatic carbocycles. The van der Waals surface area contributed by atoms with Crippen LogP contribution in [0.4, 0.5) is 0 Å². The Morgan fingerprint density at radius 1 is 1.07 bits per heavy atom. The molecule has 148 valence electrons. The van der Waals surface area contributed by atoms with E-state index in [0.717, 1.165) is 16.9 Å². The lowest BCUT2D eigenvalue weighted by Gasteiger charge is -2.18. The largest absolute Gasteiger partial charge is 0.497 e. The van der Waals surface area contributed by atoms with Crippen LogP contribution < -0.4 is 10.1 Å². The number of Topliss-reactive ketones (excluding diaryl/α,β-unsaturated/α-hetero) is 1. The van der Waals surface area contributed by atoms with Crippen molar-refractivity contribution in [1.82, 2.24) is 5.32 Å². The molecular formula is C21H22BrNO5. The first-order chi connectivity index (χ1) is 13.3. The molecular weight excluding hydrogens is 426 g/mol. The van der Waals surface area contributed by atoms with E-state index in [1.807, 2.05) is 36.4 Å². The number of alkyl halides is 1. The molecule has 0 unspecified atom stereocenters. The van der Waals surface area contributed by atoms with Crippen molar-refractivity contribution in [2.45, 2.75) is 24.8 Å². The Hall–Kier alpha value is -2.67. The van der Waals surface area contributed by atoms with Crippen molar-refractivity contribution >= 4 is 33.6 Å². The van der Waals surface area contributed by atoms with E-state index in [0.29, 0.717) is 5.56 Å². The van der Waals surface area contributed by atoms with Gasteiger partial charge in [0, 0.05) is 12.5 Å². The molecule has 1 amide bonds. The maximum Gasteiger partial charge on any atom is 0.302 e. The van der Waals surface area contributed by atoms with Crippen LogP contribution in [0.15, 0.2) is 48.5 Å². The van der Waals surface area contributed by atoms with E-state index in [-0.39, 0.29) is 12.3 Å². The monoisotopic (exact) mass is 447 g/mol. The Kier molecular flexibility index (Phi) is 7.75. The van der Waals surface area contributed by atoms with E-state index < -0.39 is 22.8 Å². The number of ketones is 1. The van der Waals surface area contributed by atoms with Gasteiger partial charge in [-0.15, -0.1) is 0 Å². The molecule has 0 bridgehead atoms. The third kappa shape index (κ3) is 5.66. The van der Waals surface area contributed by atoms with Crippen molar-refractivity contribution in [3.8, 4) is 16.9 Å². The second-order valence-electron chi connectivity index (χ2n) is 6.13. The number of rotatable bonds is 8. The number of carbonyl (C=O) groups is 3. The Labute approximate surface area is 172 Å². The summed E-state index contributed by atoms with van der Waals surface area (Å²) in [7, 11) is 1.59. The van der Waals surface area contributed by atoms with Crippen LogP contribution in [0.25, 0.3) is 11.1 Å². The molecule has 28 heavy (non-hydrogen) atoms. The first kappa shape index (κ1) is 21.6. The van der Waals surface area contributed by atoms with Crippen LogP contribution in [0, 0.1) is 0 Å². The third-order valence-electron chi connectivity index (χ3n) is 4.07. The van der Waals surface area contributed by atoms with Crippen molar-refractivity contribution in [3.05, 3.63) is 54.1 Å². The van der Waals surface area contributed by atoms with E-state index in [1.54, 1.807) is 26.2 Å². The Morgan fingerprint density at radius 3 is 2.32 bits per heavy atom. The molecule has 7 heteroatoms. The normalized spacial score (nSPS) is 12.6. The van der Waals surface area contributed by atoms with Gasteiger partial charge in [0.2, 0.25) is 5.91 Å². The van der Waals surface area contributed by atoms with Gasteiger partial charge < -0.3 is 14.8 Å². The zero-order chi connectivity index (χ0) is 20.7. The number of carbonyl (C=O) groups excluding carboxylic acids is 3. The zero-order valence-corrected chi connectivity index (χ0v) is 17.5. The fourth-order valence-corrected chi connectivity index (χ4v) is 2.91. The summed E-state index contributed by atoms with van der Waals surface area (Å²) < 4.78 is 10.1. The van der Waals surface area contributed by atoms with E-state index in [1.165, 1.54) is 6.92 Å². The van der Waals surface area contributed by atoms with Gasteiger partial charge in [0.15, 0.2) is 5.78 Å². The first-order valence-corrected chi connectivity index (χ1v) is 9.60. The highest BCUT2D eigenvalue weighted by molar-refractivity contribution is 9.10. The lowest BCUT2D eigenvalue weighted by molar-refractivity contribution is -0.146. The lowest BCUT2D eigenvalue weighted by atomic mass is 9.97. The van der Waals surface area contributed by atoms with Gasteiger partial charge >= 0.3 is 5.97 Å². The standard InChI is InChI=1S/C21H22BrNO5/c1-13(28-14(2)24)20(22)21(26)23-12-19(25)18-7-5-4-6-17(18)15-8-10-16(27-3)11-9-15/h4-11,13,20H,12H2,1-3H3,(H,23,26)/t13-,20+/m1/s1. The quantitative estimate of drug-likeness (QED) is 0.381. The fraction of sp³-hybridized carbons (Fsp3) is 0.286. The van der Waals surface area contributed by atoms with Crippen LogP contribution in [-0.2, 0) is 14.3 Å². The minimum atomic E-state index is -0.749. The van der Waals surface area contributed by atoms with E-state index >= 15 is 0 Å². The van der Waals surface area contributed by atoms with Crippen LogP contribution >= 0.6 is 15.9 Å². The molecule has 2 aromatic rings. The Morgan fingerprint density at radius 2 is 1.71 bits per heavy atom. The molecule has 6 nitrogen and oxygen atoms in total. The van der Waals surface area contributed by atoms with Gasteiger partial charge in [0.25, 0.3) is 0 Å². The summed E-state index contributed by atoms with van der Waals surface area (Å²) in [5, 5.41) is 2.59. The van der Waals surface area contributed by atoms with Crippen LogP contribution in [-0.4, -0.2) is 42.2 Å². The molecule has 0 saturated heterocycles. The molecule has 0 saturated carbocycles. The van der Waals surface area contributed by atoms with Gasteiger partial charge in [-0.05, 0) is 30.2 Å². The molecule has 2 rings (SSSR count). The number of methoxy groups -OCH3 is 1. The average molecular weight is 448 g/mol. The molecule has 0 radical (unpaired) electrons. The summed E-state index contributed by atoms with van der Waals surface area (Å²) >= 11 is 3.20. The van der Waals surface area contributed by atoms with Crippen molar-refractivity contribution < 1.29 is 23.9 Å². The Bertz CT molecular complexity index is 850. The van der Waals surface area contributed by atoms with E-state index in [9.17, 15) is 14.4 Å². The van der Waals surface area contributed by atoms with Gasteiger partial charge in [-0.25, -0.2) is 0 Å². The summed E-state index contributed by atoms with van der Waals surface area (Å²) in [5.41, 5.74) is 2.15. The summed E-state index contributed by atoms with van der Waals surface area (Å²) in [6.07, 6.45) is -0.654. The molecule has 0 spiro atoms. The number of esters is 1. The zero-order valence-electron chi connectivity index (χ0n) is 15.9. The molecule has 1 N–H and O–H groups in total. The van der Waals surface area contributed by atoms with Crippen LogP contribution in [0.3, 0.4) is 0 Å². The van der Waals surface area contributed by atoms with Crippen LogP contribution in [0.1, 0.15) is 24.2 Å². The molecule has 0 heterocycles. The molecule has 0 aliphatic heterocycles. The summed E-state index contributed by atoms with van der Waals surface area (Å²) in [6.45, 7) is 2.70. The van der Waals surface area contributed by atoms with Gasteiger partial charge in [0.1, 0.15) is 16.7 Å². The average Bonchev–Trinajstić information content (AvgIpc) is 2.70. The number of hydrogen-bond donors (Lipinski definition) is 1. The summed E-state index contributed by atoms with van der Waals surface area (Å²) in [6, 6.07) is 14.6. The second kappa shape index (κ2) is 10.0. The van der Waals surface area contributed by atoms with Crippen molar-refractivity contribution in [2.75, 3.05) is 13.7 Å². The minimum Gasteiger partial charge on any atom is -0.497 e. The predicted octanol–water partition coefficient (Wildman–Crippen LogP) is 3.38. The number of benzene rings is 2. The number of amides is 1. The summed E-state index contributed by atoms with van der Waals surface area (Å²) in [4.78, 5) is 35.2. The molecule has 0 aliphatic carbocycles. The number of ether oxygens (including phenoxy) is 2. The first-order valence-electron chi connectivity index (χ1n) is 8.69. The van der Waals surface area contributed by atoms with Crippen molar-refractivity contribution in [3.63, 3.8) is 0 Å². The fourth-order valence-electron chi connectivity index (χ4n) is 2.64. The summed E-state index contributed by atoms with van der Waals surface area (Å²) in [5.74, 6) is -0.400. The molecule has 0 aliphatic rings. The van der Waals surface area contributed by atoms with Crippen molar-refractivity contribution in [1.29, 1.82) is 0 Å². The smallest absolute Gasteiger partial charge is 0.302 e. The van der Waals surface area contributed by atoms with Crippen molar-refractivity contribution in [2.24, 2.45) is 0 Å². The van der Waals surface area contributed by atoms with Gasteiger partial charge in [-0.3, -0.25) is 14.4 Å². The van der Waals surface area contributed by atoms with Crippen LogP contribution in [0.2, 0.25) is 0 Å². The topological polar surface area (TPSA) is 81.7 Å². The lowest BCUT2D eigenvalue weighted by Crippen LogP contribution is -2.41. The molecule has 0 aromatic heterocycles. The van der Waals surface area contributed by atoms with Gasteiger partial charge in [0.05, 0.1) is 13.7 Å². The molecule has 0 fully saturated rings. The SMILES string of the molecule is COc1ccc(-c2ccccc2C(=O)CNC(=O)[C@@H](Br)[C@@H](C)OC(C)=O)cc1. The maximum atomic E-state index is 12.7. The number of halogens is 1. The second-order valence-corrected chi connectivity index (χ2v) is 7.12. The van der Waals surface area contributed by atoms with Gasteiger partial charge in [-0.1, -0.05) is 52.3 Å². The minimum absolute atomic E-state index is 0.166.